The Balaban J connectivity index is 0.000000730. The predicted molar refractivity (Wildman–Crippen MR) is 194 cm³/mol. The first-order valence-electron chi connectivity index (χ1n) is 17.2. The molecule has 0 bridgehead atoms. The molecule has 54 heavy (non-hydrogen) atoms. The van der Waals surface area contributed by atoms with Gasteiger partial charge in [-0.1, -0.05) is 60.1 Å². The van der Waals surface area contributed by atoms with Crippen LogP contribution in [-0.4, -0.2) is 68.3 Å². The normalized spacial score (nSPS) is 16.5. The fourth-order valence-electron chi connectivity index (χ4n) is 6.41. The van der Waals surface area contributed by atoms with E-state index in [4.69, 9.17) is 32.0 Å². The number of carboxylic acid groups (broad SMARTS) is 1. The third-order valence-electron chi connectivity index (χ3n) is 9.53. The molecular formula is C38H39ClF5N3O6S. The van der Waals surface area contributed by atoms with Gasteiger partial charge in [-0.15, -0.1) is 0 Å². The van der Waals surface area contributed by atoms with Crippen LogP contribution in [0.2, 0.25) is 5.02 Å². The highest BCUT2D eigenvalue weighted by Gasteiger charge is 2.50. The third kappa shape index (κ3) is 10.1. The first-order chi connectivity index (χ1) is 25.5. The largest absolute Gasteiger partial charge is 0.490 e. The van der Waals surface area contributed by atoms with Crippen LogP contribution in [0.5, 0.6) is 5.75 Å². The van der Waals surface area contributed by atoms with Crippen LogP contribution in [0, 0.1) is 5.92 Å². The van der Waals surface area contributed by atoms with Gasteiger partial charge >= 0.3 is 12.1 Å². The molecule has 4 N–H and O–H groups in total. The molecule has 16 heteroatoms. The summed E-state index contributed by atoms with van der Waals surface area (Å²) in [7, 11) is -4.57. The van der Waals surface area contributed by atoms with Gasteiger partial charge in [0.1, 0.15) is 5.75 Å². The highest BCUT2D eigenvalue weighted by molar-refractivity contribution is 7.89. The number of rotatable bonds is 10. The minimum absolute atomic E-state index is 0.169. The van der Waals surface area contributed by atoms with Gasteiger partial charge in [0.2, 0.25) is 15.9 Å². The van der Waals surface area contributed by atoms with E-state index in [9.17, 15) is 26.4 Å². The zero-order chi connectivity index (χ0) is 39.3. The fraction of sp³-hybridized carbons (Fsp3) is 0.368. The lowest BCUT2D eigenvalue weighted by atomic mass is 9.94. The van der Waals surface area contributed by atoms with Crippen LogP contribution in [0.1, 0.15) is 44.1 Å². The first kappa shape index (κ1) is 40.9. The predicted octanol–water partition coefficient (Wildman–Crippen LogP) is 7.75. The van der Waals surface area contributed by atoms with Crippen molar-refractivity contribution in [1.82, 2.24) is 9.62 Å². The lowest BCUT2D eigenvalue weighted by molar-refractivity contribution is -0.192. The summed E-state index contributed by atoms with van der Waals surface area (Å²) in [5, 5.41) is 9.02. The number of benzene rings is 4. The number of ether oxygens (including phenoxy) is 1. The van der Waals surface area contributed by atoms with Crippen molar-refractivity contribution in [2.24, 2.45) is 11.7 Å². The van der Waals surface area contributed by atoms with E-state index in [0.29, 0.717) is 41.1 Å². The molecule has 1 heterocycles. The Hall–Kier alpha value is -4.31. The number of amides is 1. The number of fused-ring (bicyclic) bond motifs is 1. The molecule has 1 amide bonds. The number of halogens is 6. The average molecular weight is 796 g/mol. The molecule has 0 aromatic heterocycles. The Bertz CT molecular complexity index is 2040. The molecule has 0 unspecified atom stereocenters. The van der Waals surface area contributed by atoms with Gasteiger partial charge in [-0.2, -0.15) is 26.7 Å². The molecule has 1 aliphatic carbocycles. The number of hydrogen-bond acceptors (Lipinski definition) is 6. The smallest absolute Gasteiger partial charge is 0.490 e. The molecule has 0 spiro atoms. The Morgan fingerprint density at radius 1 is 0.852 bits per heavy atom. The second-order valence-corrected chi connectivity index (χ2v) is 15.4. The summed E-state index contributed by atoms with van der Waals surface area (Å²) in [5.74, 6) is -6.74. The molecule has 1 saturated carbocycles. The van der Waals surface area contributed by atoms with Crippen LogP contribution >= 0.6 is 11.6 Å². The number of nitrogens with one attached hydrogen (secondary N) is 1. The number of carbonyl (C=O) groups is 2. The van der Waals surface area contributed by atoms with E-state index < -0.39 is 45.6 Å². The molecule has 6 rings (SSSR count). The number of hydrogen-bond donors (Lipinski definition) is 3. The molecule has 4 aromatic carbocycles. The Morgan fingerprint density at radius 2 is 1.39 bits per heavy atom. The quantitative estimate of drug-likeness (QED) is 0.140. The number of sulfonamides is 1. The van der Waals surface area contributed by atoms with Gasteiger partial charge in [0.15, 0.2) is 6.04 Å². The SMILES string of the molecule is NCC1CCN(C(=O)[C@@H](NS(=O)(=O)c2ccc3cc(OC4CCCC4)ccc3c2)C(F)(F)c2ccc(-c3ccc(Cl)cc3)cc2)CC1.O=C(O)C(F)(F)F. The van der Waals surface area contributed by atoms with E-state index in [1.165, 1.54) is 41.3 Å². The highest BCUT2D eigenvalue weighted by atomic mass is 35.5. The zero-order valence-corrected chi connectivity index (χ0v) is 30.4. The summed E-state index contributed by atoms with van der Waals surface area (Å²) in [4.78, 5) is 23.8. The number of alkyl halides is 5. The van der Waals surface area contributed by atoms with Crippen LogP contribution in [0.4, 0.5) is 22.0 Å². The molecule has 0 radical (unpaired) electrons. The van der Waals surface area contributed by atoms with Gasteiger partial charge in [-0.25, -0.2) is 13.2 Å². The topological polar surface area (TPSA) is 139 Å². The maximum atomic E-state index is 16.4. The Morgan fingerprint density at radius 3 is 1.94 bits per heavy atom. The van der Waals surface area contributed by atoms with E-state index in [-0.39, 0.29) is 30.0 Å². The Labute approximate surface area is 314 Å². The Kier molecular flexibility index (Phi) is 12.9. The zero-order valence-electron chi connectivity index (χ0n) is 28.9. The number of carbonyl (C=O) groups excluding carboxylic acids is 1. The molecule has 290 valence electrons. The number of carboxylic acids is 1. The number of piperidine rings is 1. The molecule has 1 atom stereocenters. The number of aliphatic carboxylic acids is 1. The van der Waals surface area contributed by atoms with E-state index in [2.05, 4.69) is 4.72 Å². The molecule has 9 nitrogen and oxygen atoms in total. The summed E-state index contributed by atoms with van der Waals surface area (Å²) < 4.78 is 100. The van der Waals surface area contributed by atoms with Gasteiger partial charge in [0, 0.05) is 23.7 Å². The lowest BCUT2D eigenvalue weighted by Crippen LogP contribution is -2.57. The van der Waals surface area contributed by atoms with Gasteiger partial charge in [-0.05, 0) is 109 Å². The molecule has 1 saturated heterocycles. The van der Waals surface area contributed by atoms with Crippen LogP contribution in [0.15, 0.2) is 89.8 Å². The van der Waals surface area contributed by atoms with E-state index in [1.54, 1.807) is 42.5 Å². The molecule has 2 fully saturated rings. The number of nitrogens with zero attached hydrogens (tertiary/aromatic N) is 1. The maximum Gasteiger partial charge on any atom is 0.490 e. The summed E-state index contributed by atoms with van der Waals surface area (Å²) in [5.41, 5.74) is 6.75. The highest BCUT2D eigenvalue weighted by Crippen LogP contribution is 2.36. The fourth-order valence-corrected chi connectivity index (χ4v) is 7.76. The number of likely N-dealkylation sites (tertiary alicyclic amines) is 1. The lowest BCUT2D eigenvalue weighted by Gasteiger charge is -2.36. The van der Waals surface area contributed by atoms with Gasteiger partial charge in [-0.3, -0.25) is 4.79 Å². The van der Waals surface area contributed by atoms with Crippen molar-refractivity contribution in [2.45, 2.75) is 67.7 Å². The van der Waals surface area contributed by atoms with Crippen LogP contribution in [0.3, 0.4) is 0 Å². The molecule has 2 aliphatic rings. The van der Waals surface area contributed by atoms with Crippen molar-refractivity contribution in [1.29, 1.82) is 0 Å². The van der Waals surface area contributed by atoms with Crippen LogP contribution in [-0.2, 0) is 25.5 Å². The van der Waals surface area contributed by atoms with Crippen LogP contribution < -0.4 is 15.2 Å². The minimum atomic E-state index is -5.08. The third-order valence-corrected chi connectivity index (χ3v) is 11.2. The number of nitrogens with two attached hydrogens (primary N) is 1. The van der Waals surface area contributed by atoms with Crippen LogP contribution in [0.25, 0.3) is 21.9 Å². The van der Waals surface area contributed by atoms with E-state index in [1.807, 2.05) is 6.07 Å². The summed E-state index contributed by atoms with van der Waals surface area (Å²) >= 11 is 5.99. The van der Waals surface area contributed by atoms with E-state index >= 15 is 8.78 Å². The van der Waals surface area contributed by atoms with Crippen molar-refractivity contribution >= 4 is 44.3 Å². The second kappa shape index (κ2) is 17.0. The average Bonchev–Trinajstić information content (AvgIpc) is 3.66. The standard InChI is InChI=1S/C36H38ClF2N3O4S.C2HF3O2/c37-30-13-7-26(8-14-30)25-5-11-29(12-6-25)36(38,39)34(35(43)42-19-17-24(23-40)18-20-42)41-47(44,45)33-16-10-27-21-32(15-9-28(27)22-33)46-31-3-1-2-4-31;3-2(4,5)1(6)7/h5-16,21-22,24,31,34,41H,1-4,17-20,23,40H2;(H,6,7)/t34-;/m1./s1. The molecule has 1 aliphatic heterocycles. The first-order valence-corrected chi connectivity index (χ1v) is 19.1. The van der Waals surface area contributed by atoms with Crippen molar-refractivity contribution in [3.8, 4) is 16.9 Å². The van der Waals surface area contributed by atoms with E-state index in [0.717, 1.165) is 36.6 Å². The van der Waals surface area contributed by atoms with Crippen molar-refractivity contribution in [2.75, 3.05) is 19.6 Å². The van der Waals surface area contributed by atoms with Crippen molar-refractivity contribution in [3.63, 3.8) is 0 Å². The maximum absolute atomic E-state index is 16.4. The van der Waals surface area contributed by atoms with Gasteiger partial charge < -0.3 is 20.5 Å². The second-order valence-electron chi connectivity index (χ2n) is 13.3. The van der Waals surface area contributed by atoms with Crippen molar-refractivity contribution in [3.05, 3.63) is 95.5 Å². The van der Waals surface area contributed by atoms with Crippen molar-refractivity contribution < 1.29 is 49.8 Å². The summed E-state index contributed by atoms with van der Waals surface area (Å²) in [6.07, 6.45) is 0.472. The molecule has 4 aromatic rings. The van der Waals surface area contributed by atoms with Gasteiger partial charge in [0.25, 0.3) is 5.92 Å². The molecular weight excluding hydrogens is 757 g/mol. The minimum Gasteiger partial charge on any atom is -0.490 e. The summed E-state index contributed by atoms with van der Waals surface area (Å²) in [6, 6.07) is 19.8. The van der Waals surface area contributed by atoms with Gasteiger partial charge in [0.05, 0.1) is 11.0 Å². The monoisotopic (exact) mass is 795 g/mol. The summed E-state index contributed by atoms with van der Waals surface area (Å²) in [6.45, 7) is 0.863.